The van der Waals surface area contributed by atoms with E-state index in [2.05, 4.69) is 0 Å². The van der Waals surface area contributed by atoms with Crippen molar-refractivity contribution in [3.05, 3.63) is 44.2 Å². The van der Waals surface area contributed by atoms with E-state index in [1.54, 1.807) is 0 Å². The first kappa shape index (κ1) is 13.7. The van der Waals surface area contributed by atoms with Crippen molar-refractivity contribution in [2.45, 2.75) is 12.0 Å². The van der Waals surface area contributed by atoms with Crippen LogP contribution in [0.2, 0.25) is 0 Å². The van der Waals surface area contributed by atoms with Crippen LogP contribution in [-0.2, 0) is 4.79 Å². The number of aliphatic carboxylic acids is 1. The number of carboxylic acid groups (broad SMARTS) is 1. The molecule has 4 N–H and O–H groups in total. The second-order valence-corrected chi connectivity index (χ2v) is 2.92. The van der Waals surface area contributed by atoms with Gasteiger partial charge in [-0.2, -0.15) is 0 Å². The molecule has 0 aromatic carbocycles. The van der Waals surface area contributed by atoms with E-state index in [1.807, 2.05) is 0 Å². The van der Waals surface area contributed by atoms with Crippen molar-refractivity contribution in [2.24, 2.45) is 0 Å². The number of rotatable bonds is 3. The molecule has 1 aliphatic carbocycles. The summed E-state index contributed by atoms with van der Waals surface area (Å²) >= 11 is 0. The van der Waals surface area contributed by atoms with Gasteiger partial charge >= 0.3 is 0 Å². The van der Waals surface area contributed by atoms with Crippen LogP contribution in [0.15, 0.2) is 23.9 Å². The molecule has 0 spiro atoms. The molecule has 0 aromatic heterocycles. The van der Waals surface area contributed by atoms with Gasteiger partial charge in [-0.15, -0.1) is 0 Å². The maximum Gasteiger partial charge on any atom is 0.289 e. The van der Waals surface area contributed by atoms with Crippen molar-refractivity contribution in [1.82, 2.24) is 6.15 Å². The van der Waals surface area contributed by atoms with Crippen LogP contribution in [0.1, 0.15) is 6.42 Å². The Bertz CT molecular complexity index is 385. The second kappa shape index (κ2) is 4.49. The highest BCUT2D eigenvalue weighted by Crippen LogP contribution is 2.26. The van der Waals surface area contributed by atoms with Gasteiger partial charge < -0.3 is 16.1 Å². The lowest BCUT2D eigenvalue weighted by Gasteiger charge is -2.22. The zero-order chi connectivity index (χ0) is 11.6. The molecule has 16 heavy (non-hydrogen) atoms. The first-order chi connectivity index (χ1) is 6.90. The summed E-state index contributed by atoms with van der Waals surface area (Å²) in [7, 11) is 0. The van der Waals surface area contributed by atoms with Gasteiger partial charge in [0.2, 0.25) is 0 Å². The first-order valence-electron chi connectivity index (χ1n) is 3.79. The summed E-state index contributed by atoms with van der Waals surface area (Å²) < 4.78 is 0. The molecule has 0 heterocycles. The zero-order valence-corrected chi connectivity index (χ0v) is 8.28. The Labute approximate surface area is 88.9 Å². The van der Waals surface area contributed by atoms with E-state index >= 15 is 0 Å². The molecule has 9 heteroatoms. The van der Waals surface area contributed by atoms with Gasteiger partial charge in [-0.1, -0.05) is 6.08 Å². The number of carbonyl (C=O) groups excluding carboxylic acids is 1. The van der Waals surface area contributed by atoms with Crippen LogP contribution in [0.4, 0.5) is 0 Å². The Hall–Kier alpha value is -2.29. The van der Waals surface area contributed by atoms with Gasteiger partial charge in [-0.25, -0.2) is 0 Å². The van der Waals surface area contributed by atoms with Gasteiger partial charge in [0, 0.05) is 11.0 Å². The molecule has 0 aromatic rings. The van der Waals surface area contributed by atoms with Crippen LogP contribution in [0.5, 0.6) is 0 Å². The molecule has 0 fully saturated rings. The largest absolute Gasteiger partial charge is 0.543 e. The predicted octanol–water partition coefficient (Wildman–Crippen LogP) is -0.752. The SMILES string of the molecule is O=C([O-])C1([N+](=O)[O-])C=CC=C([N+](=O)[O-])C1.[NH4+]. The van der Waals surface area contributed by atoms with Crippen LogP contribution in [0.3, 0.4) is 0 Å². The lowest BCUT2D eigenvalue weighted by molar-refractivity contribution is -0.559. The molecule has 0 amide bonds. The van der Waals surface area contributed by atoms with Crippen molar-refractivity contribution >= 4 is 5.97 Å². The number of carboxylic acids is 1. The number of hydrogen-bond donors (Lipinski definition) is 1. The summed E-state index contributed by atoms with van der Waals surface area (Å²) in [6.45, 7) is 0. The maximum atomic E-state index is 10.6. The van der Waals surface area contributed by atoms with E-state index in [9.17, 15) is 30.1 Å². The number of nitro groups is 2. The van der Waals surface area contributed by atoms with E-state index < -0.39 is 33.5 Å². The summed E-state index contributed by atoms with van der Waals surface area (Å²) in [6.07, 6.45) is 1.95. The minimum Gasteiger partial charge on any atom is -0.543 e. The average Bonchev–Trinajstić information content (AvgIpc) is 2.17. The summed E-state index contributed by atoms with van der Waals surface area (Å²) in [5.41, 5.74) is -3.06. The third kappa shape index (κ3) is 2.03. The summed E-state index contributed by atoms with van der Waals surface area (Å²) in [5, 5.41) is 31.6. The van der Waals surface area contributed by atoms with Crippen LogP contribution < -0.4 is 11.3 Å². The number of quaternary nitrogens is 1. The smallest absolute Gasteiger partial charge is 0.289 e. The van der Waals surface area contributed by atoms with Gasteiger partial charge in [-0.3, -0.25) is 20.2 Å². The fraction of sp³-hybridized carbons (Fsp3) is 0.286. The molecule has 88 valence electrons. The highest BCUT2D eigenvalue weighted by Gasteiger charge is 2.47. The monoisotopic (exact) mass is 231 g/mol. The van der Waals surface area contributed by atoms with Crippen LogP contribution in [0.25, 0.3) is 0 Å². The van der Waals surface area contributed by atoms with Crippen molar-refractivity contribution < 1.29 is 19.7 Å². The molecule has 1 atom stereocenters. The van der Waals surface area contributed by atoms with E-state index in [4.69, 9.17) is 0 Å². The molecule has 9 nitrogen and oxygen atoms in total. The van der Waals surface area contributed by atoms with Crippen LogP contribution >= 0.6 is 0 Å². The van der Waals surface area contributed by atoms with Crippen molar-refractivity contribution in [1.29, 1.82) is 0 Å². The summed E-state index contributed by atoms with van der Waals surface area (Å²) in [5.74, 6) is -1.96. The van der Waals surface area contributed by atoms with Gasteiger partial charge in [0.15, 0.2) is 0 Å². The number of allylic oxidation sites excluding steroid dienone is 2. The summed E-state index contributed by atoms with van der Waals surface area (Å²) in [4.78, 5) is 29.6. The van der Waals surface area contributed by atoms with E-state index in [0.29, 0.717) is 0 Å². The van der Waals surface area contributed by atoms with Crippen LogP contribution in [-0.4, -0.2) is 21.4 Å². The third-order valence-electron chi connectivity index (χ3n) is 2.02. The van der Waals surface area contributed by atoms with E-state index in [1.165, 1.54) is 0 Å². The Balaban J connectivity index is 0.00000225. The third-order valence-corrected chi connectivity index (χ3v) is 2.02. The molecule has 1 unspecified atom stereocenters. The summed E-state index contributed by atoms with van der Waals surface area (Å²) in [6, 6.07) is 0. The molecular formula is C7H9N3O6. The highest BCUT2D eigenvalue weighted by atomic mass is 16.6. The van der Waals surface area contributed by atoms with Gasteiger partial charge in [0.1, 0.15) is 12.4 Å². The lowest BCUT2D eigenvalue weighted by atomic mass is 9.90. The molecule has 0 saturated heterocycles. The molecule has 0 radical (unpaired) electrons. The Morgan fingerprint density at radius 2 is 1.94 bits per heavy atom. The van der Waals surface area contributed by atoms with Gasteiger partial charge in [-0.05, 0) is 6.08 Å². The topological polar surface area (TPSA) is 163 Å². The fourth-order valence-corrected chi connectivity index (χ4v) is 1.18. The maximum absolute atomic E-state index is 10.6. The molecular weight excluding hydrogens is 222 g/mol. The van der Waals surface area contributed by atoms with Crippen molar-refractivity contribution in [3.8, 4) is 0 Å². The minimum absolute atomic E-state index is 0. The van der Waals surface area contributed by atoms with Crippen molar-refractivity contribution in [3.63, 3.8) is 0 Å². The van der Waals surface area contributed by atoms with Gasteiger partial charge in [0.05, 0.1) is 4.92 Å². The molecule has 0 bridgehead atoms. The highest BCUT2D eigenvalue weighted by molar-refractivity contribution is 5.78. The van der Waals surface area contributed by atoms with E-state index in [0.717, 1.165) is 18.2 Å². The number of hydrogen-bond acceptors (Lipinski definition) is 6. The Morgan fingerprint density at radius 3 is 2.31 bits per heavy atom. The van der Waals surface area contributed by atoms with Gasteiger partial charge in [0.25, 0.3) is 11.2 Å². The number of nitrogens with zero attached hydrogens (tertiary/aromatic N) is 2. The quantitative estimate of drug-likeness (QED) is 0.495. The molecule has 1 rings (SSSR count). The number of carbonyl (C=O) groups is 1. The molecule has 0 aliphatic heterocycles. The van der Waals surface area contributed by atoms with Crippen LogP contribution in [0, 0.1) is 20.2 Å². The normalized spacial score (nSPS) is 22.9. The zero-order valence-electron chi connectivity index (χ0n) is 8.28. The van der Waals surface area contributed by atoms with Crippen molar-refractivity contribution in [2.75, 3.05) is 0 Å². The van der Waals surface area contributed by atoms with E-state index in [-0.39, 0.29) is 6.15 Å². The fourth-order valence-electron chi connectivity index (χ4n) is 1.18. The lowest BCUT2D eigenvalue weighted by Crippen LogP contribution is -2.53. The first-order valence-corrected chi connectivity index (χ1v) is 3.79. The standard InChI is InChI=1S/C7H6N2O6.H3N/c10-6(11)7(9(14)15)3-1-2-5(4-7)8(12)13;/h1-3H,4H2,(H,10,11);1H3. The molecule has 1 aliphatic rings. The minimum atomic E-state index is -2.53. The average molecular weight is 231 g/mol. The predicted molar refractivity (Wildman–Crippen MR) is 49.6 cm³/mol. The second-order valence-electron chi connectivity index (χ2n) is 2.92. The Morgan fingerprint density at radius 1 is 1.38 bits per heavy atom. The molecule has 0 saturated carbocycles. The Kier molecular flexibility index (Phi) is 3.84.